The molecule has 0 atom stereocenters. The predicted octanol–water partition coefficient (Wildman–Crippen LogP) is 2.05. The van der Waals surface area contributed by atoms with Crippen LogP contribution in [0, 0.1) is 23.2 Å². The molecule has 5 aliphatic rings. The van der Waals surface area contributed by atoms with E-state index in [2.05, 4.69) is 9.71 Å². The van der Waals surface area contributed by atoms with Gasteiger partial charge >= 0.3 is 5.97 Å². The molecule has 1 N–H and O–H groups in total. The number of hydrogen-bond donors (Lipinski definition) is 1. The Bertz CT molecular complexity index is 978. The molecule has 1 aromatic carbocycles. The highest BCUT2D eigenvalue weighted by Crippen LogP contribution is 2.60. The van der Waals surface area contributed by atoms with E-state index < -0.39 is 16.0 Å². The number of sulfonamides is 1. The molecule has 154 valence electrons. The van der Waals surface area contributed by atoms with Gasteiger partial charge in [0.15, 0.2) is 12.4 Å². The van der Waals surface area contributed by atoms with Crippen LogP contribution in [0.4, 0.5) is 0 Å². The zero-order valence-electron chi connectivity index (χ0n) is 16.1. The maximum absolute atomic E-state index is 12.9. The van der Waals surface area contributed by atoms with E-state index in [1.54, 1.807) is 18.2 Å². The summed E-state index contributed by atoms with van der Waals surface area (Å²) in [7, 11) is -3.64. The normalized spacial score (nSPS) is 34.6. The van der Waals surface area contributed by atoms with Crippen molar-refractivity contribution in [1.29, 1.82) is 0 Å². The molecule has 0 saturated heterocycles. The summed E-state index contributed by atoms with van der Waals surface area (Å²) < 4.78 is 31.7. The lowest BCUT2D eigenvalue weighted by molar-refractivity contribution is -0.156. The quantitative estimate of drug-likeness (QED) is 0.740. The number of benzene rings is 1. The molecule has 4 bridgehead atoms. The Balaban J connectivity index is 1.20. The summed E-state index contributed by atoms with van der Waals surface area (Å²) in [6.07, 6.45) is 6.58. The number of ether oxygens (including phenoxy) is 1. The first-order valence-electron chi connectivity index (χ1n) is 10.2. The monoisotopic (exact) mass is 416 g/mol. The number of hydrogen-bond acceptors (Lipinski definition) is 6. The van der Waals surface area contributed by atoms with Crippen LogP contribution in [0.5, 0.6) is 0 Å². The van der Waals surface area contributed by atoms with Crippen LogP contribution < -0.4 is 4.72 Å². The van der Waals surface area contributed by atoms with Crippen LogP contribution in [-0.2, 0) is 24.3 Å². The molecule has 1 aliphatic heterocycles. The largest absolute Gasteiger partial charge is 0.456 e. The molecule has 4 saturated carbocycles. The zero-order valence-corrected chi connectivity index (χ0v) is 16.9. The standard InChI is InChI=1S/C21H24N2O5S/c24-18(21-8-13-5-14(9-21)7-15(6-13)10-21)12-28-19(25)11-22-20-16-3-1-2-4-17(16)29(26,27)23-20/h1-4,13-15H,5-12H2,(H,22,23). The molecule has 0 aromatic heterocycles. The van der Waals surface area contributed by atoms with E-state index in [-0.39, 0.29) is 35.1 Å². The van der Waals surface area contributed by atoms with Gasteiger partial charge in [-0.05, 0) is 68.4 Å². The van der Waals surface area contributed by atoms with Gasteiger partial charge in [-0.15, -0.1) is 0 Å². The minimum atomic E-state index is -3.64. The lowest BCUT2D eigenvalue weighted by Crippen LogP contribution is -2.51. The van der Waals surface area contributed by atoms with Gasteiger partial charge in [0.25, 0.3) is 10.0 Å². The summed E-state index contributed by atoms with van der Waals surface area (Å²) in [4.78, 5) is 29.3. The molecule has 0 unspecified atom stereocenters. The number of amidine groups is 1. The molecule has 6 rings (SSSR count). The molecular weight excluding hydrogens is 392 g/mol. The second-order valence-electron chi connectivity index (χ2n) is 9.05. The molecule has 4 fully saturated rings. The van der Waals surface area contributed by atoms with E-state index in [1.807, 2.05) is 0 Å². The lowest BCUT2D eigenvalue weighted by Gasteiger charge is -2.55. The van der Waals surface area contributed by atoms with E-state index in [0.717, 1.165) is 19.3 Å². The number of aliphatic imine (C=N–C) groups is 1. The van der Waals surface area contributed by atoms with Gasteiger partial charge in [-0.1, -0.05) is 12.1 Å². The number of Topliss-reactive ketones (excluding diaryl/α,β-unsaturated/α-hetero) is 1. The number of fused-ring (bicyclic) bond motifs is 1. The van der Waals surface area contributed by atoms with Crippen LogP contribution in [0.1, 0.15) is 44.1 Å². The maximum Gasteiger partial charge on any atom is 0.328 e. The minimum Gasteiger partial charge on any atom is -0.456 e. The summed E-state index contributed by atoms with van der Waals surface area (Å²) in [5.41, 5.74) is 0.144. The third-order valence-corrected chi connectivity index (χ3v) is 8.42. The zero-order chi connectivity index (χ0) is 20.2. The topological polar surface area (TPSA) is 102 Å². The molecule has 0 radical (unpaired) electrons. The van der Waals surface area contributed by atoms with E-state index >= 15 is 0 Å². The molecule has 0 amide bonds. The maximum atomic E-state index is 12.9. The highest BCUT2D eigenvalue weighted by molar-refractivity contribution is 7.90. The minimum absolute atomic E-state index is 0.0458. The third-order valence-electron chi connectivity index (χ3n) is 7.02. The second-order valence-corrected chi connectivity index (χ2v) is 10.7. The smallest absolute Gasteiger partial charge is 0.328 e. The number of nitrogens with zero attached hydrogens (tertiary/aromatic N) is 1. The Morgan fingerprint density at radius 2 is 1.69 bits per heavy atom. The van der Waals surface area contributed by atoms with Crippen molar-refractivity contribution < 1.29 is 22.7 Å². The van der Waals surface area contributed by atoms with E-state index in [0.29, 0.717) is 23.3 Å². The molecule has 1 heterocycles. The summed E-state index contributed by atoms with van der Waals surface area (Å²) >= 11 is 0. The van der Waals surface area contributed by atoms with Crippen molar-refractivity contribution in [3.05, 3.63) is 29.8 Å². The van der Waals surface area contributed by atoms with Crippen LogP contribution in [0.2, 0.25) is 0 Å². The SMILES string of the molecule is O=C(CN=C1NS(=O)(=O)c2ccccc21)OCC(=O)C12CC3CC(CC(C3)C1)C2. The van der Waals surface area contributed by atoms with E-state index in [9.17, 15) is 18.0 Å². The van der Waals surface area contributed by atoms with Crippen molar-refractivity contribution >= 4 is 27.6 Å². The molecule has 1 aromatic rings. The van der Waals surface area contributed by atoms with Gasteiger partial charge in [0.1, 0.15) is 12.4 Å². The second kappa shape index (κ2) is 6.65. The number of nitrogens with one attached hydrogen (secondary N) is 1. The number of ketones is 1. The first-order chi connectivity index (χ1) is 13.8. The Morgan fingerprint density at radius 3 is 2.34 bits per heavy atom. The van der Waals surface area contributed by atoms with E-state index in [4.69, 9.17) is 4.74 Å². The van der Waals surface area contributed by atoms with Gasteiger partial charge in [0, 0.05) is 11.0 Å². The number of esters is 1. The van der Waals surface area contributed by atoms with Gasteiger partial charge in [0.2, 0.25) is 0 Å². The lowest BCUT2D eigenvalue weighted by atomic mass is 9.48. The average molecular weight is 416 g/mol. The molecule has 4 aliphatic carbocycles. The fourth-order valence-electron chi connectivity index (χ4n) is 6.19. The van der Waals surface area contributed by atoms with Gasteiger partial charge in [-0.2, -0.15) is 0 Å². The van der Waals surface area contributed by atoms with Gasteiger partial charge in [-0.25, -0.2) is 8.42 Å². The van der Waals surface area contributed by atoms with Crippen molar-refractivity contribution in [2.24, 2.45) is 28.2 Å². The van der Waals surface area contributed by atoms with Crippen molar-refractivity contribution in [3.63, 3.8) is 0 Å². The Kier molecular flexibility index (Phi) is 4.31. The molecule has 29 heavy (non-hydrogen) atoms. The molecule has 0 spiro atoms. The Hall–Kier alpha value is -2.22. The van der Waals surface area contributed by atoms with Crippen LogP contribution in [0.25, 0.3) is 0 Å². The number of rotatable bonds is 5. The highest BCUT2D eigenvalue weighted by atomic mass is 32.2. The number of carbonyl (C=O) groups is 2. The van der Waals surface area contributed by atoms with Crippen LogP contribution in [0.15, 0.2) is 34.2 Å². The summed E-state index contributed by atoms with van der Waals surface area (Å²) in [5, 5.41) is 0. The first-order valence-corrected chi connectivity index (χ1v) is 11.7. The van der Waals surface area contributed by atoms with Crippen molar-refractivity contribution in [2.45, 2.75) is 43.4 Å². The van der Waals surface area contributed by atoms with Gasteiger partial charge in [0.05, 0.1) is 4.90 Å². The van der Waals surface area contributed by atoms with Crippen LogP contribution in [0.3, 0.4) is 0 Å². The Labute approximate surface area is 170 Å². The summed E-state index contributed by atoms with van der Waals surface area (Å²) in [6, 6.07) is 6.46. The van der Waals surface area contributed by atoms with Gasteiger partial charge in [-0.3, -0.25) is 19.3 Å². The van der Waals surface area contributed by atoms with E-state index in [1.165, 1.54) is 25.3 Å². The van der Waals surface area contributed by atoms with Crippen molar-refractivity contribution in [1.82, 2.24) is 4.72 Å². The van der Waals surface area contributed by atoms with Gasteiger partial charge < -0.3 is 4.74 Å². The van der Waals surface area contributed by atoms with Crippen LogP contribution in [-0.4, -0.2) is 39.2 Å². The summed E-state index contributed by atoms with van der Waals surface area (Å²) in [5.74, 6) is 1.52. The third kappa shape index (κ3) is 3.27. The fraction of sp³-hybridized carbons (Fsp3) is 0.571. The summed E-state index contributed by atoms with van der Waals surface area (Å²) in [6.45, 7) is -0.543. The highest BCUT2D eigenvalue weighted by Gasteiger charge is 2.54. The molecule has 7 nitrogen and oxygen atoms in total. The Morgan fingerprint density at radius 1 is 1.07 bits per heavy atom. The predicted molar refractivity (Wildman–Crippen MR) is 105 cm³/mol. The fourth-order valence-corrected chi connectivity index (χ4v) is 7.44. The first kappa shape index (κ1) is 18.8. The van der Waals surface area contributed by atoms with Crippen molar-refractivity contribution in [3.8, 4) is 0 Å². The number of carbonyl (C=O) groups excluding carboxylic acids is 2. The average Bonchev–Trinajstić information content (AvgIpc) is 2.94. The van der Waals surface area contributed by atoms with Crippen molar-refractivity contribution in [2.75, 3.05) is 13.2 Å². The molecule has 8 heteroatoms. The molecular formula is C21H24N2O5S. The van der Waals surface area contributed by atoms with Crippen LogP contribution >= 0.6 is 0 Å².